The molecule has 0 saturated heterocycles. The van der Waals surface area contributed by atoms with Crippen molar-refractivity contribution in [3.05, 3.63) is 0 Å². The van der Waals surface area contributed by atoms with Crippen molar-refractivity contribution in [1.82, 2.24) is 5.32 Å². The van der Waals surface area contributed by atoms with Crippen molar-refractivity contribution in [2.45, 2.75) is 44.6 Å². The maximum atomic E-state index is 10.4. The summed E-state index contributed by atoms with van der Waals surface area (Å²) in [4.78, 5) is 10.4. The molecule has 0 bridgehead atoms. The van der Waals surface area contributed by atoms with Crippen LogP contribution in [0.2, 0.25) is 0 Å². The van der Waals surface area contributed by atoms with Gasteiger partial charge >= 0.3 is 5.97 Å². The molecule has 0 aromatic heterocycles. The maximum Gasteiger partial charge on any atom is 0.320 e. The molecule has 5 nitrogen and oxygen atoms in total. The number of nitrogens with one attached hydrogen (secondary N) is 1. The zero-order valence-electron chi connectivity index (χ0n) is 10.8. The van der Waals surface area contributed by atoms with Crippen LogP contribution in [0.1, 0.15) is 38.5 Å². The van der Waals surface area contributed by atoms with Gasteiger partial charge in [-0.25, -0.2) is 0 Å². The summed E-state index contributed by atoms with van der Waals surface area (Å²) < 4.78 is 0. The summed E-state index contributed by atoms with van der Waals surface area (Å²) in [5, 5.41) is 11.8. The molecule has 0 aliphatic rings. The minimum absolute atomic E-state index is 0. The fourth-order valence-electron chi connectivity index (χ4n) is 1.44. The van der Waals surface area contributed by atoms with Gasteiger partial charge in [-0.3, -0.25) is 4.79 Å². The Balaban J connectivity index is -0.00000112. The lowest BCUT2D eigenvalue weighted by molar-refractivity contribution is -0.138. The van der Waals surface area contributed by atoms with E-state index in [1.165, 1.54) is 12.8 Å². The van der Waals surface area contributed by atoms with Crippen LogP contribution >= 0.6 is 24.8 Å². The van der Waals surface area contributed by atoms with E-state index in [2.05, 4.69) is 5.32 Å². The zero-order chi connectivity index (χ0) is 12.2. The number of unbranched alkanes of at least 4 members (excludes halogenated alkanes) is 3. The number of rotatable bonds is 11. The van der Waals surface area contributed by atoms with Crippen LogP contribution in [0, 0.1) is 0 Å². The number of carboxylic acid groups (broad SMARTS) is 1. The SMILES string of the molecule is Cl.Cl.NCCCCCCNCCCC(N)C(=O)O. The molecular weight excluding hydrogens is 277 g/mol. The van der Waals surface area contributed by atoms with Crippen molar-refractivity contribution < 1.29 is 9.90 Å². The highest BCUT2D eigenvalue weighted by molar-refractivity contribution is 5.85. The average molecular weight is 304 g/mol. The normalized spacial score (nSPS) is 11.2. The highest BCUT2D eigenvalue weighted by Crippen LogP contribution is 1.97. The second-order valence-corrected chi connectivity index (χ2v) is 4.04. The van der Waals surface area contributed by atoms with Gasteiger partial charge in [0.1, 0.15) is 6.04 Å². The molecular formula is C11H27Cl2N3O2. The van der Waals surface area contributed by atoms with Crippen LogP contribution in [0.3, 0.4) is 0 Å². The quantitative estimate of drug-likeness (QED) is 0.429. The molecule has 0 amide bonds. The lowest BCUT2D eigenvalue weighted by Gasteiger charge is -2.07. The zero-order valence-corrected chi connectivity index (χ0v) is 12.4. The van der Waals surface area contributed by atoms with E-state index in [-0.39, 0.29) is 24.8 Å². The number of carbonyl (C=O) groups is 1. The molecule has 0 spiro atoms. The largest absolute Gasteiger partial charge is 0.480 e. The highest BCUT2D eigenvalue weighted by atomic mass is 35.5. The average Bonchev–Trinajstić information content (AvgIpc) is 2.26. The fourth-order valence-corrected chi connectivity index (χ4v) is 1.44. The topological polar surface area (TPSA) is 101 Å². The summed E-state index contributed by atoms with van der Waals surface area (Å²) in [6.45, 7) is 2.62. The molecule has 0 aromatic rings. The van der Waals surface area contributed by atoms with Gasteiger partial charge in [-0.2, -0.15) is 0 Å². The van der Waals surface area contributed by atoms with E-state index in [4.69, 9.17) is 16.6 Å². The first-order valence-corrected chi connectivity index (χ1v) is 6.07. The Kier molecular flexibility index (Phi) is 21.7. The number of halogens is 2. The fraction of sp³-hybridized carbons (Fsp3) is 0.909. The van der Waals surface area contributed by atoms with Crippen LogP contribution in [0.4, 0.5) is 0 Å². The Bertz CT molecular complexity index is 186. The van der Waals surface area contributed by atoms with Crippen LogP contribution < -0.4 is 16.8 Å². The second-order valence-electron chi connectivity index (χ2n) is 4.04. The van der Waals surface area contributed by atoms with Crippen molar-refractivity contribution in [3.63, 3.8) is 0 Å². The summed E-state index contributed by atoms with van der Waals surface area (Å²) in [7, 11) is 0. The molecule has 0 aliphatic heterocycles. The number of carboxylic acids is 1. The molecule has 112 valence electrons. The second kappa shape index (κ2) is 16.9. The predicted molar refractivity (Wildman–Crippen MR) is 79.7 cm³/mol. The summed E-state index contributed by atoms with van der Waals surface area (Å²) in [5.41, 5.74) is 10.8. The number of hydrogen-bond donors (Lipinski definition) is 4. The molecule has 0 aromatic carbocycles. The van der Waals surface area contributed by atoms with Crippen LogP contribution in [0.25, 0.3) is 0 Å². The molecule has 7 heteroatoms. The van der Waals surface area contributed by atoms with Crippen LogP contribution in [-0.4, -0.2) is 36.8 Å². The van der Waals surface area contributed by atoms with Gasteiger partial charge in [0.05, 0.1) is 0 Å². The van der Waals surface area contributed by atoms with Gasteiger partial charge in [-0.05, 0) is 45.3 Å². The van der Waals surface area contributed by atoms with Gasteiger partial charge < -0.3 is 21.9 Å². The van der Waals surface area contributed by atoms with Crippen LogP contribution in [-0.2, 0) is 4.79 Å². The minimum atomic E-state index is -0.915. The molecule has 0 rings (SSSR count). The van der Waals surface area contributed by atoms with Crippen molar-refractivity contribution in [1.29, 1.82) is 0 Å². The van der Waals surface area contributed by atoms with Gasteiger partial charge in [0.25, 0.3) is 0 Å². The molecule has 18 heavy (non-hydrogen) atoms. The third-order valence-electron chi connectivity index (χ3n) is 2.49. The molecule has 0 heterocycles. The Hall–Kier alpha value is -0.0700. The van der Waals surface area contributed by atoms with E-state index >= 15 is 0 Å². The van der Waals surface area contributed by atoms with E-state index in [9.17, 15) is 4.79 Å². The minimum Gasteiger partial charge on any atom is -0.480 e. The standard InChI is InChI=1S/C11H25N3O2.2ClH/c12-7-3-1-2-4-8-14-9-5-6-10(13)11(15)16;;/h10,14H,1-9,12-13H2,(H,15,16);2*1H. The Morgan fingerprint density at radius 1 is 1.06 bits per heavy atom. The van der Waals surface area contributed by atoms with Crippen molar-refractivity contribution >= 4 is 30.8 Å². The van der Waals surface area contributed by atoms with Crippen molar-refractivity contribution in [2.75, 3.05) is 19.6 Å². The highest BCUT2D eigenvalue weighted by Gasteiger charge is 2.09. The molecule has 0 saturated carbocycles. The maximum absolute atomic E-state index is 10.4. The van der Waals surface area contributed by atoms with E-state index in [0.29, 0.717) is 6.42 Å². The molecule has 0 aliphatic carbocycles. The monoisotopic (exact) mass is 303 g/mol. The van der Waals surface area contributed by atoms with Crippen molar-refractivity contribution in [2.24, 2.45) is 11.5 Å². The van der Waals surface area contributed by atoms with Gasteiger partial charge in [-0.1, -0.05) is 12.8 Å². The number of hydrogen-bond acceptors (Lipinski definition) is 4. The third kappa shape index (κ3) is 15.9. The molecule has 1 unspecified atom stereocenters. The Morgan fingerprint density at radius 3 is 2.17 bits per heavy atom. The summed E-state index contributed by atoms with van der Waals surface area (Å²) in [5.74, 6) is -0.915. The molecule has 1 atom stereocenters. The van der Waals surface area contributed by atoms with Crippen LogP contribution in [0.5, 0.6) is 0 Å². The van der Waals surface area contributed by atoms with Crippen molar-refractivity contribution in [3.8, 4) is 0 Å². The Labute approximate surface area is 122 Å². The summed E-state index contributed by atoms with van der Waals surface area (Å²) in [6, 6.07) is -0.716. The van der Waals surface area contributed by atoms with E-state index in [1.807, 2.05) is 0 Å². The van der Waals surface area contributed by atoms with E-state index < -0.39 is 12.0 Å². The number of nitrogens with two attached hydrogens (primary N) is 2. The first-order chi connectivity index (χ1) is 7.68. The van der Waals surface area contributed by atoms with Gasteiger partial charge in [-0.15, -0.1) is 24.8 Å². The third-order valence-corrected chi connectivity index (χ3v) is 2.49. The lowest BCUT2D eigenvalue weighted by Crippen LogP contribution is -2.31. The molecule has 0 fully saturated rings. The number of aliphatic carboxylic acids is 1. The van der Waals surface area contributed by atoms with E-state index in [1.54, 1.807) is 0 Å². The van der Waals surface area contributed by atoms with Gasteiger partial charge in [0, 0.05) is 0 Å². The van der Waals surface area contributed by atoms with Gasteiger partial charge in [0.15, 0.2) is 0 Å². The molecule has 6 N–H and O–H groups in total. The first kappa shape index (κ1) is 23.1. The predicted octanol–water partition coefficient (Wildman–Crippen LogP) is 1.13. The summed E-state index contributed by atoms with van der Waals surface area (Å²) in [6.07, 6.45) is 6.02. The Morgan fingerprint density at radius 2 is 1.61 bits per heavy atom. The van der Waals surface area contributed by atoms with Gasteiger partial charge in [0.2, 0.25) is 0 Å². The summed E-state index contributed by atoms with van der Waals surface area (Å²) >= 11 is 0. The van der Waals surface area contributed by atoms with Crippen LogP contribution in [0.15, 0.2) is 0 Å². The first-order valence-electron chi connectivity index (χ1n) is 6.07. The smallest absolute Gasteiger partial charge is 0.320 e. The molecule has 0 radical (unpaired) electrons. The van der Waals surface area contributed by atoms with E-state index in [0.717, 1.165) is 38.9 Å². The lowest BCUT2D eigenvalue weighted by atomic mass is 10.1.